The lowest BCUT2D eigenvalue weighted by atomic mass is 9.65. The number of hydrogen-bond acceptors (Lipinski definition) is 2. The summed E-state index contributed by atoms with van der Waals surface area (Å²) >= 11 is 0. The Labute approximate surface area is 118 Å². The van der Waals surface area contributed by atoms with Crippen molar-refractivity contribution >= 4 is 5.97 Å². The van der Waals surface area contributed by atoms with Gasteiger partial charge in [-0.1, -0.05) is 26.2 Å². The van der Waals surface area contributed by atoms with Crippen molar-refractivity contribution in [1.29, 1.82) is 0 Å². The molecule has 0 saturated heterocycles. The SMILES string of the molecule is CCC(C)(C)C(=O)OC1(C)CCCC12CCCCC2. The number of hydrogen-bond donors (Lipinski definition) is 0. The fourth-order valence-corrected chi connectivity index (χ4v) is 3.95. The zero-order valence-electron chi connectivity index (χ0n) is 13.2. The van der Waals surface area contributed by atoms with Crippen LogP contribution in [0.5, 0.6) is 0 Å². The van der Waals surface area contributed by atoms with Gasteiger partial charge in [0.05, 0.1) is 5.41 Å². The Kier molecular flexibility index (Phi) is 3.99. The van der Waals surface area contributed by atoms with Crippen LogP contribution in [-0.2, 0) is 9.53 Å². The van der Waals surface area contributed by atoms with Crippen molar-refractivity contribution in [2.75, 3.05) is 0 Å². The molecule has 2 aliphatic carbocycles. The van der Waals surface area contributed by atoms with Crippen molar-refractivity contribution in [2.45, 2.75) is 91.1 Å². The first-order valence-electron chi connectivity index (χ1n) is 8.09. The van der Waals surface area contributed by atoms with E-state index in [-0.39, 0.29) is 22.4 Å². The summed E-state index contributed by atoms with van der Waals surface area (Å²) in [6.07, 6.45) is 10.8. The van der Waals surface area contributed by atoms with Crippen LogP contribution in [0, 0.1) is 10.8 Å². The average molecular weight is 266 g/mol. The summed E-state index contributed by atoms with van der Waals surface area (Å²) < 4.78 is 6.11. The Morgan fingerprint density at radius 3 is 2.21 bits per heavy atom. The maximum Gasteiger partial charge on any atom is 0.312 e. The van der Waals surface area contributed by atoms with E-state index in [1.807, 2.05) is 13.8 Å². The van der Waals surface area contributed by atoms with E-state index in [1.165, 1.54) is 44.9 Å². The Bertz CT molecular complexity index is 339. The summed E-state index contributed by atoms with van der Waals surface area (Å²) in [6, 6.07) is 0. The maximum atomic E-state index is 12.5. The Morgan fingerprint density at radius 1 is 1.05 bits per heavy atom. The standard InChI is InChI=1S/C17H30O2/c1-5-15(2,3)14(18)19-16(4)10-9-13-17(16)11-7-6-8-12-17/h5-13H2,1-4H3. The molecule has 2 nitrogen and oxygen atoms in total. The lowest BCUT2D eigenvalue weighted by Gasteiger charge is -2.46. The number of rotatable bonds is 3. The molecule has 0 aliphatic heterocycles. The molecule has 0 heterocycles. The highest BCUT2D eigenvalue weighted by atomic mass is 16.6. The van der Waals surface area contributed by atoms with Gasteiger partial charge in [-0.25, -0.2) is 0 Å². The number of carbonyl (C=O) groups is 1. The number of carbonyl (C=O) groups excluding carboxylic acids is 1. The minimum absolute atomic E-state index is 0.00403. The normalized spacial score (nSPS) is 30.5. The Hall–Kier alpha value is -0.530. The van der Waals surface area contributed by atoms with Gasteiger partial charge >= 0.3 is 5.97 Å². The zero-order chi connectivity index (χ0) is 14.1. The van der Waals surface area contributed by atoms with Gasteiger partial charge in [0.2, 0.25) is 0 Å². The van der Waals surface area contributed by atoms with Crippen LogP contribution in [0.1, 0.15) is 85.5 Å². The Balaban J connectivity index is 2.15. The van der Waals surface area contributed by atoms with E-state index >= 15 is 0 Å². The summed E-state index contributed by atoms with van der Waals surface area (Å²) in [5.74, 6) is 0.00403. The van der Waals surface area contributed by atoms with Crippen molar-refractivity contribution in [3.05, 3.63) is 0 Å². The average Bonchev–Trinajstić information content (AvgIpc) is 2.67. The number of esters is 1. The number of ether oxygens (including phenoxy) is 1. The highest BCUT2D eigenvalue weighted by Gasteiger charge is 2.55. The quantitative estimate of drug-likeness (QED) is 0.682. The van der Waals surface area contributed by atoms with E-state index in [0.29, 0.717) is 0 Å². The third-order valence-electron chi connectivity index (χ3n) is 6.00. The molecular weight excluding hydrogens is 236 g/mol. The van der Waals surface area contributed by atoms with Crippen LogP contribution in [-0.4, -0.2) is 11.6 Å². The third kappa shape index (κ3) is 2.55. The molecule has 1 unspecified atom stereocenters. The molecule has 19 heavy (non-hydrogen) atoms. The summed E-state index contributed by atoms with van der Waals surface area (Å²) in [7, 11) is 0. The zero-order valence-corrected chi connectivity index (χ0v) is 13.2. The molecule has 1 spiro atoms. The monoisotopic (exact) mass is 266 g/mol. The van der Waals surface area contributed by atoms with Crippen molar-refractivity contribution in [3.8, 4) is 0 Å². The van der Waals surface area contributed by atoms with E-state index in [2.05, 4.69) is 13.8 Å². The van der Waals surface area contributed by atoms with Crippen LogP contribution < -0.4 is 0 Å². The molecule has 110 valence electrons. The van der Waals surface area contributed by atoms with Gasteiger partial charge in [-0.05, 0) is 59.3 Å². The molecule has 1 atom stereocenters. The second kappa shape index (κ2) is 5.10. The van der Waals surface area contributed by atoms with Gasteiger partial charge in [0, 0.05) is 5.41 Å². The smallest absolute Gasteiger partial charge is 0.312 e. The summed E-state index contributed by atoms with van der Waals surface area (Å²) in [6.45, 7) is 8.27. The molecule has 2 heteroatoms. The highest BCUT2D eigenvalue weighted by molar-refractivity contribution is 5.76. The van der Waals surface area contributed by atoms with E-state index in [4.69, 9.17) is 4.74 Å². The molecule has 2 saturated carbocycles. The molecule has 0 amide bonds. The van der Waals surface area contributed by atoms with Crippen LogP contribution in [0.2, 0.25) is 0 Å². The first-order chi connectivity index (χ1) is 8.85. The van der Waals surface area contributed by atoms with Crippen LogP contribution >= 0.6 is 0 Å². The van der Waals surface area contributed by atoms with Gasteiger partial charge in [-0.15, -0.1) is 0 Å². The molecule has 0 aromatic rings. The van der Waals surface area contributed by atoms with Crippen molar-refractivity contribution in [2.24, 2.45) is 10.8 Å². The van der Waals surface area contributed by atoms with E-state index in [1.54, 1.807) is 0 Å². The third-order valence-corrected chi connectivity index (χ3v) is 6.00. The largest absolute Gasteiger partial charge is 0.458 e. The minimum Gasteiger partial charge on any atom is -0.458 e. The lowest BCUT2D eigenvalue weighted by molar-refractivity contribution is -0.183. The molecule has 0 aromatic carbocycles. The fourth-order valence-electron chi connectivity index (χ4n) is 3.95. The molecule has 0 radical (unpaired) electrons. The highest BCUT2D eigenvalue weighted by Crippen LogP contribution is 2.57. The molecule has 0 aromatic heterocycles. The topological polar surface area (TPSA) is 26.3 Å². The molecule has 0 bridgehead atoms. The molecule has 2 rings (SSSR count). The summed E-state index contributed by atoms with van der Waals surface area (Å²) in [5, 5.41) is 0. The van der Waals surface area contributed by atoms with E-state index in [9.17, 15) is 4.79 Å². The van der Waals surface area contributed by atoms with Crippen LogP contribution in [0.25, 0.3) is 0 Å². The minimum atomic E-state index is -0.346. The van der Waals surface area contributed by atoms with E-state index < -0.39 is 0 Å². The molecular formula is C17H30O2. The summed E-state index contributed by atoms with van der Waals surface area (Å²) in [5.41, 5.74) is -0.275. The van der Waals surface area contributed by atoms with Gasteiger partial charge in [-0.2, -0.15) is 0 Å². The molecule has 2 aliphatic rings. The molecule has 0 N–H and O–H groups in total. The van der Waals surface area contributed by atoms with Crippen molar-refractivity contribution in [3.63, 3.8) is 0 Å². The lowest BCUT2D eigenvalue weighted by Crippen LogP contribution is -2.48. The predicted molar refractivity (Wildman–Crippen MR) is 77.9 cm³/mol. The van der Waals surface area contributed by atoms with Crippen LogP contribution in [0.3, 0.4) is 0 Å². The second-order valence-electron chi connectivity index (χ2n) is 7.55. The van der Waals surface area contributed by atoms with Crippen LogP contribution in [0.4, 0.5) is 0 Å². The maximum absolute atomic E-state index is 12.5. The first-order valence-corrected chi connectivity index (χ1v) is 8.09. The van der Waals surface area contributed by atoms with Gasteiger partial charge in [0.25, 0.3) is 0 Å². The Morgan fingerprint density at radius 2 is 1.63 bits per heavy atom. The van der Waals surface area contributed by atoms with Crippen molar-refractivity contribution < 1.29 is 9.53 Å². The van der Waals surface area contributed by atoms with Crippen LogP contribution in [0.15, 0.2) is 0 Å². The van der Waals surface area contributed by atoms with E-state index in [0.717, 1.165) is 12.8 Å². The second-order valence-corrected chi connectivity index (χ2v) is 7.55. The fraction of sp³-hybridized carbons (Fsp3) is 0.941. The van der Waals surface area contributed by atoms with Gasteiger partial charge in [0.15, 0.2) is 0 Å². The van der Waals surface area contributed by atoms with Crippen molar-refractivity contribution in [1.82, 2.24) is 0 Å². The van der Waals surface area contributed by atoms with Gasteiger partial charge in [0.1, 0.15) is 5.60 Å². The predicted octanol–water partition coefficient (Wildman–Crippen LogP) is 4.86. The van der Waals surface area contributed by atoms with Gasteiger partial charge < -0.3 is 4.74 Å². The summed E-state index contributed by atoms with van der Waals surface area (Å²) in [4.78, 5) is 12.5. The first kappa shape index (κ1) is 14.9. The van der Waals surface area contributed by atoms with Gasteiger partial charge in [-0.3, -0.25) is 4.79 Å². The molecule has 2 fully saturated rings.